The minimum absolute atomic E-state index is 0.0319. The van der Waals surface area contributed by atoms with Gasteiger partial charge >= 0.3 is 12.1 Å². The lowest BCUT2D eigenvalue weighted by molar-refractivity contribution is 0.0518. The van der Waals surface area contributed by atoms with Crippen molar-refractivity contribution >= 4 is 12.1 Å². The molecule has 6 heteroatoms. The van der Waals surface area contributed by atoms with E-state index >= 15 is 0 Å². The predicted octanol–water partition coefficient (Wildman–Crippen LogP) is 2.88. The summed E-state index contributed by atoms with van der Waals surface area (Å²) in [4.78, 5) is 23.2. The number of hydrogen-bond acceptors (Lipinski definition) is 4. The standard InChI is InChI=1S/C17H20FNO4/c1-11(19-16(21)23-17(2,3)4)6-7-12-8-9-13(18)10-14(12)15(20)22-5/h8-11H,1-5H3,(H,19,21). The second-order valence-electron chi connectivity index (χ2n) is 5.82. The first-order valence-electron chi connectivity index (χ1n) is 7.01. The molecule has 0 heterocycles. The molecule has 0 fully saturated rings. The van der Waals surface area contributed by atoms with Crippen LogP contribution < -0.4 is 5.32 Å². The Morgan fingerprint density at radius 1 is 1.30 bits per heavy atom. The fourth-order valence-electron chi connectivity index (χ4n) is 1.61. The molecule has 0 spiro atoms. The van der Waals surface area contributed by atoms with Gasteiger partial charge in [-0.05, 0) is 45.9 Å². The van der Waals surface area contributed by atoms with E-state index in [9.17, 15) is 14.0 Å². The maximum atomic E-state index is 13.2. The van der Waals surface area contributed by atoms with E-state index in [1.807, 2.05) is 0 Å². The Hall–Kier alpha value is -2.55. The van der Waals surface area contributed by atoms with Crippen molar-refractivity contribution < 1.29 is 23.5 Å². The zero-order valence-electron chi connectivity index (χ0n) is 13.8. The van der Waals surface area contributed by atoms with Gasteiger partial charge in [-0.1, -0.05) is 11.8 Å². The van der Waals surface area contributed by atoms with E-state index in [0.29, 0.717) is 5.56 Å². The topological polar surface area (TPSA) is 64.6 Å². The number of carbonyl (C=O) groups is 2. The van der Waals surface area contributed by atoms with Gasteiger partial charge in [-0.3, -0.25) is 0 Å². The number of esters is 1. The number of hydrogen-bond donors (Lipinski definition) is 1. The van der Waals surface area contributed by atoms with E-state index in [1.165, 1.54) is 19.2 Å². The average molecular weight is 321 g/mol. The smallest absolute Gasteiger partial charge is 0.408 e. The van der Waals surface area contributed by atoms with Crippen LogP contribution >= 0.6 is 0 Å². The third-order valence-electron chi connectivity index (χ3n) is 2.54. The van der Waals surface area contributed by atoms with Gasteiger partial charge in [-0.2, -0.15) is 0 Å². The third kappa shape index (κ3) is 6.39. The lowest BCUT2D eigenvalue weighted by atomic mass is 10.1. The molecular weight excluding hydrogens is 301 g/mol. The first-order valence-corrected chi connectivity index (χ1v) is 7.01. The minimum Gasteiger partial charge on any atom is -0.465 e. The highest BCUT2D eigenvalue weighted by atomic mass is 19.1. The van der Waals surface area contributed by atoms with Crippen LogP contribution in [0.25, 0.3) is 0 Å². The molecule has 1 rings (SSSR count). The highest BCUT2D eigenvalue weighted by Gasteiger charge is 2.17. The summed E-state index contributed by atoms with van der Waals surface area (Å²) < 4.78 is 23.0. The third-order valence-corrected chi connectivity index (χ3v) is 2.54. The molecule has 1 atom stereocenters. The molecule has 0 aliphatic carbocycles. The largest absolute Gasteiger partial charge is 0.465 e. The summed E-state index contributed by atoms with van der Waals surface area (Å²) in [5, 5.41) is 2.56. The van der Waals surface area contributed by atoms with E-state index < -0.39 is 29.5 Å². The molecule has 0 bridgehead atoms. The fraction of sp³-hybridized carbons (Fsp3) is 0.412. The van der Waals surface area contributed by atoms with Gasteiger partial charge in [0, 0.05) is 5.56 Å². The molecule has 0 aliphatic heterocycles. The molecular formula is C17H20FNO4. The number of methoxy groups -OCH3 is 1. The molecule has 1 N–H and O–H groups in total. The SMILES string of the molecule is COC(=O)c1cc(F)ccc1C#CC(C)NC(=O)OC(C)(C)C. The number of benzene rings is 1. The molecule has 1 aromatic carbocycles. The summed E-state index contributed by atoms with van der Waals surface area (Å²) in [7, 11) is 1.21. The van der Waals surface area contributed by atoms with Crippen molar-refractivity contribution in [1.29, 1.82) is 0 Å². The van der Waals surface area contributed by atoms with Crippen LogP contribution in [0.4, 0.5) is 9.18 Å². The van der Waals surface area contributed by atoms with Crippen molar-refractivity contribution in [2.75, 3.05) is 7.11 Å². The number of ether oxygens (including phenoxy) is 2. The summed E-state index contributed by atoms with van der Waals surface area (Å²) in [5.41, 5.74) is -0.257. The Bertz CT molecular complexity index is 653. The van der Waals surface area contributed by atoms with E-state index in [1.54, 1.807) is 27.7 Å². The second kappa shape index (κ2) is 7.63. The molecule has 0 aliphatic rings. The lowest BCUT2D eigenvalue weighted by Crippen LogP contribution is -2.37. The van der Waals surface area contributed by atoms with Crippen LogP contribution in [0.3, 0.4) is 0 Å². The first kappa shape index (κ1) is 18.5. The van der Waals surface area contributed by atoms with E-state index in [4.69, 9.17) is 4.74 Å². The van der Waals surface area contributed by atoms with Gasteiger partial charge < -0.3 is 14.8 Å². The second-order valence-corrected chi connectivity index (χ2v) is 5.82. The Morgan fingerprint density at radius 3 is 2.52 bits per heavy atom. The van der Waals surface area contributed by atoms with Crippen LogP contribution in [-0.4, -0.2) is 30.8 Å². The highest BCUT2D eigenvalue weighted by molar-refractivity contribution is 5.92. The predicted molar refractivity (Wildman–Crippen MR) is 83.4 cm³/mol. The van der Waals surface area contributed by atoms with Crippen LogP contribution in [-0.2, 0) is 9.47 Å². The number of amides is 1. The number of rotatable bonds is 2. The fourth-order valence-corrected chi connectivity index (χ4v) is 1.61. The summed E-state index contributed by atoms with van der Waals surface area (Å²) in [6.07, 6.45) is -0.591. The quantitative estimate of drug-likeness (QED) is 0.672. The van der Waals surface area contributed by atoms with Gasteiger partial charge in [-0.15, -0.1) is 0 Å². The molecule has 23 heavy (non-hydrogen) atoms. The van der Waals surface area contributed by atoms with Gasteiger partial charge in [0.1, 0.15) is 11.4 Å². The van der Waals surface area contributed by atoms with Crippen molar-refractivity contribution in [1.82, 2.24) is 5.32 Å². The molecule has 1 unspecified atom stereocenters. The van der Waals surface area contributed by atoms with Gasteiger partial charge in [0.15, 0.2) is 0 Å². The Labute approximate surface area is 135 Å². The normalized spacial score (nSPS) is 11.7. The lowest BCUT2D eigenvalue weighted by Gasteiger charge is -2.20. The molecule has 1 aromatic rings. The van der Waals surface area contributed by atoms with Crippen LogP contribution in [0.1, 0.15) is 43.6 Å². The molecule has 0 saturated heterocycles. The minimum atomic E-state index is -0.679. The summed E-state index contributed by atoms with van der Waals surface area (Å²) in [6, 6.07) is 3.12. The number of halogens is 1. The first-order chi connectivity index (χ1) is 10.6. The van der Waals surface area contributed by atoms with Crippen molar-refractivity contribution in [3.05, 3.63) is 35.1 Å². The molecule has 0 radical (unpaired) electrons. The van der Waals surface area contributed by atoms with Crippen molar-refractivity contribution in [3.8, 4) is 11.8 Å². The van der Waals surface area contributed by atoms with Crippen LogP contribution in [0.15, 0.2) is 18.2 Å². The Kier molecular flexibility index (Phi) is 6.14. The monoisotopic (exact) mass is 321 g/mol. The molecule has 1 amide bonds. The van der Waals surface area contributed by atoms with Crippen molar-refractivity contribution in [2.24, 2.45) is 0 Å². The van der Waals surface area contributed by atoms with Crippen molar-refractivity contribution in [3.63, 3.8) is 0 Å². The molecule has 5 nitrogen and oxygen atoms in total. The maximum absolute atomic E-state index is 13.2. The number of alkyl carbamates (subject to hydrolysis) is 1. The molecule has 0 saturated carbocycles. The summed E-state index contributed by atoms with van der Waals surface area (Å²) in [5.74, 6) is 4.26. The molecule has 0 aromatic heterocycles. The summed E-state index contributed by atoms with van der Waals surface area (Å²) >= 11 is 0. The van der Waals surface area contributed by atoms with Gasteiger partial charge in [0.05, 0.1) is 18.7 Å². The Balaban J connectivity index is 2.87. The highest BCUT2D eigenvalue weighted by Crippen LogP contribution is 2.12. The molecule has 124 valence electrons. The van der Waals surface area contributed by atoms with Crippen LogP contribution in [0.2, 0.25) is 0 Å². The number of nitrogens with one attached hydrogen (secondary N) is 1. The summed E-state index contributed by atoms with van der Waals surface area (Å²) in [6.45, 7) is 6.93. The maximum Gasteiger partial charge on any atom is 0.408 e. The van der Waals surface area contributed by atoms with Gasteiger partial charge in [0.25, 0.3) is 0 Å². The van der Waals surface area contributed by atoms with E-state index in [2.05, 4.69) is 21.9 Å². The number of carbonyl (C=O) groups excluding carboxylic acids is 2. The van der Waals surface area contributed by atoms with Crippen molar-refractivity contribution in [2.45, 2.75) is 39.3 Å². The van der Waals surface area contributed by atoms with Gasteiger partial charge in [0.2, 0.25) is 0 Å². The van der Waals surface area contributed by atoms with Crippen LogP contribution in [0, 0.1) is 17.7 Å². The van der Waals surface area contributed by atoms with E-state index in [0.717, 1.165) is 6.07 Å². The zero-order chi connectivity index (χ0) is 17.6. The van der Waals surface area contributed by atoms with E-state index in [-0.39, 0.29) is 5.56 Å². The average Bonchev–Trinajstić information content (AvgIpc) is 2.42. The van der Waals surface area contributed by atoms with Gasteiger partial charge in [-0.25, -0.2) is 14.0 Å². The zero-order valence-corrected chi connectivity index (χ0v) is 13.8. The Morgan fingerprint density at radius 2 is 1.96 bits per heavy atom. The van der Waals surface area contributed by atoms with Crippen LogP contribution in [0.5, 0.6) is 0 Å².